The second kappa shape index (κ2) is 11.3. The topological polar surface area (TPSA) is 142 Å². The first-order valence-corrected chi connectivity index (χ1v) is 15.4. The molecule has 2 N–H and O–H groups in total. The largest absolute Gasteiger partial charge is 0.475 e. The SMILES string of the molecule is Cc1nc(-c2cc(C(=O)O)on2)nc(C)c1-c1ccc(C(C)N2CC3(CC(c4ccc(N5CCC(=O)NC5=O)c(F)c4)C3)C2)cc1F. The first-order valence-electron chi connectivity index (χ1n) is 15.4. The summed E-state index contributed by atoms with van der Waals surface area (Å²) >= 11 is 0. The van der Waals surface area contributed by atoms with E-state index in [1.54, 1.807) is 32.0 Å². The van der Waals surface area contributed by atoms with Crippen LogP contribution in [0, 0.1) is 30.9 Å². The Kier molecular flexibility index (Phi) is 7.38. The van der Waals surface area contributed by atoms with E-state index in [1.165, 1.54) is 17.0 Å². The molecule has 2 aromatic carbocycles. The minimum atomic E-state index is -1.25. The van der Waals surface area contributed by atoms with Crippen molar-refractivity contribution in [2.75, 3.05) is 24.5 Å². The van der Waals surface area contributed by atoms with Gasteiger partial charge in [-0.15, -0.1) is 0 Å². The summed E-state index contributed by atoms with van der Waals surface area (Å²) in [6.07, 6.45) is 2.00. The Hall–Kier alpha value is -5.04. The molecule has 0 bridgehead atoms. The number of carboxylic acid groups (broad SMARTS) is 1. The number of carbonyl (C=O) groups excluding carboxylic acids is 2. The molecule has 4 aromatic rings. The number of anilines is 1. The number of aromatic nitrogens is 3. The molecule has 1 aliphatic carbocycles. The zero-order chi connectivity index (χ0) is 33.2. The molecule has 0 radical (unpaired) electrons. The predicted octanol–water partition coefficient (Wildman–Crippen LogP) is 5.78. The van der Waals surface area contributed by atoms with Crippen LogP contribution in [0.5, 0.6) is 0 Å². The summed E-state index contributed by atoms with van der Waals surface area (Å²) in [5, 5.41) is 15.1. The van der Waals surface area contributed by atoms with Gasteiger partial charge in [0.25, 0.3) is 0 Å². The number of aromatic carboxylic acids is 1. The minimum Gasteiger partial charge on any atom is -0.475 e. The van der Waals surface area contributed by atoms with E-state index in [-0.39, 0.29) is 65.0 Å². The highest BCUT2D eigenvalue weighted by atomic mass is 19.1. The monoisotopic (exact) mass is 642 g/mol. The van der Waals surface area contributed by atoms with Crippen molar-refractivity contribution in [1.82, 2.24) is 25.3 Å². The van der Waals surface area contributed by atoms with Gasteiger partial charge in [0.2, 0.25) is 11.7 Å². The standard InChI is InChI=1S/C34H32F2N6O5/c1-17-30(18(2)38-31(37-17)26-12-28(32(44)45)47-40-26)23-6-4-20(10-24(23)35)19(3)41-15-34(16-41)13-22(14-34)21-5-7-27(25(36)11-21)42-9-8-29(43)39-33(42)46/h4-7,10-12,19,22H,8-9,13-16H2,1-3H3,(H,44,45)(H,39,43,46). The molecule has 1 spiro atoms. The summed E-state index contributed by atoms with van der Waals surface area (Å²) < 4.78 is 35.4. The fourth-order valence-electron chi connectivity index (χ4n) is 7.27. The van der Waals surface area contributed by atoms with Crippen molar-refractivity contribution in [2.24, 2.45) is 5.41 Å². The van der Waals surface area contributed by atoms with Gasteiger partial charge in [-0.3, -0.25) is 19.9 Å². The summed E-state index contributed by atoms with van der Waals surface area (Å²) in [7, 11) is 0. The minimum absolute atomic E-state index is 0.000981. The molecule has 242 valence electrons. The molecule has 1 atom stereocenters. The number of urea groups is 1. The predicted molar refractivity (Wildman–Crippen MR) is 166 cm³/mol. The number of rotatable bonds is 7. The van der Waals surface area contributed by atoms with Crippen LogP contribution in [0.15, 0.2) is 47.0 Å². The third kappa shape index (κ3) is 5.43. The summed E-state index contributed by atoms with van der Waals surface area (Å²) in [6, 6.07) is 10.9. The Morgan fingerprint density at radius 3 is 2.38 bits per heavy atom. The van der Waals surface area contributed by atoms with Crippen LogP contribution in [-0.4, -0.2) is 62.7 Å². The Morgan fingerprint density at radius 2 is 1.77 bits per heavy atom. The summed E-state index contributed by atoms with van der Waals surface area (Å²) in [5.74, 6) is -2.36. The van der Waals surface area contributed by atoms with Crippen molar-refractivity contribution >= 4 is 23.6 Å². The highest BCUT2D eigenvalue weighted by Crippen LogP contribution is 2.57. The Labute approximate surface area is 268 Å². The van der Waals surface area contributed by atoms with Crippen LogP contribution in [-0.2, 0) is 4.79 Å². The maximum absolute atomic E-state index is 15.6. The van der Waals surface area contributed by atoms with Gasteiger partial charge < -0.3 is 9.63 Å². The van der Waals surface area contributed by atoms with Crippen LogP contribution in [0.1, 0.15) is 71.2 Å². The van der Waals surface area contributed by atoms with Gasteiger partial charge in [-0.05, 0) is 74.3 Å². The number of nitrogens with zero attached hydrogens (tertiary/aromatic N) is 5. The van der Waals surface area contributed by atoms with E-state index < -0.39 is 17.8 Å². The number of halogens is 2. The van der Waals surface area contributed by atoms with Gasteiger partial charge in [-0.25, -0.2) is 28.3 Å². The van der Waals surface area contributed by atoms with E-state index in [0.717, 1.165) is 37.1 Å². The van der Waals surface area contributed by atoms with Gasteiger partial charge in [-0.2, -0.15) is 0 Å². The Balaban J connectivity index is 0.985. The van der Waals surface area contributed by atoms with Crippen LogP contribution >= 0.6 is 0 Å². The third-order valence-corrected chi connectivity index (χ3v) is 9.74. The molecule has 1 saturated carbocycles. The van der Waals surface area contributed by atoms with Gasteiger partial charge in [0.15, 0.2) is 11.5 Å². The fourth-order valence-corrected chi connectivity index (χ4v) is 7.27. The van der Waals surface area contributed by atoms with Crippen molar-refractivity contribution in [3.05, 3.63) is 82.4 Å². The van der Waals surface area contributed by atoms with Gasteiger partial charge in [-0.1, -0.05) is 23.4 Å². The maximum Gasteiger partial charge on any atom is 0.374 e. The van der Waals surface area contributed by atoms with Gasteiger partial charge in [0.1, 0.15) is 11.6 Å². The zero-order valence-electron chi connectivity index (χ0n) is 26.0. The average molecular weight is 643 g/mol. The molecular formula is C34H32F2N6O5. The normalized spacial score (nSPS) is 18.5. The van der Waals surface area contributed by atoms with Gasteiger partial charge in [0, 0.05) is 60.7 Å². The molecule has 47 heavy (non-hydrogen) atoms. The van der Waals surface area contributed by atoms with Crippen LogP contribution in [0.2, 0.25) is 0 Å². The number of benzene rings is 2. The van der Waals surface area contributed by atoms with Crippen LogP contribution < -0.4 is 10.2 Å². The van der Waals surface area contributed by atoms with Gasteiger partial charge >= 0.3 is 12.0 Å². The third-order valence-electron chi connectivity index (χ3n) is 9.74. The second-order valence-corrected chi connectivity index (χ2v) is 12.9. The van der Waals surface area contributed by atoms with Crippen molar-refractivity contribution in [3.8, 4) is 22.6 Å². The van der Waals surface area contributed by atoms with E-state index >= 15 is 8.78 Å². The number of carboxylic acids is 1. The molecule has 2 aromatic heterocycles. The van der Waals surface area contributed by atoms with Crippen LogP contribution in [0.4, 0.5) is 19.3 Å². The van der Waals surface area contributed by atoms with E-state index in [1.807, 2.05) is 12.1 Å². The number of imide groups is 1. The number of likely N-dealkylation sites (tertiary alicyclic amines) is 1. The number of hydrogen-bond acceptors (Lipinski definition) is 8. The Bertz CT molecular complexity index is 1920. The number of hydrogen-bond donors (Lipinski definition) is 2. The summed E-state index contributed by atoms with van der Waals surface area (Å²) in [6.45, 7) is 7.44. The first-order chi connectivity index (χ1) is 22.4. The molecule has 2 aliphatic heterocycles. The molecule has 7 rings (SSSR count). The molecule has 3 aliphatic rings. The lowest BCUT2D eigenvalue weighted by atomic mass is 9.56. The van der Waals surface area contributed by atoms with Crippen molar-refractivity contribution in [3.63, 3.8) is 0 Å². The number of nitrogens with one attached hydrogen (secondary N) is 1. The second-order valence-electron chi connectivity index (χ2n) is 12.9. The molecule has 2 saturated heterocycles. The first kappa shape index (κ1) is 30.6. The van der Waals surface area contributed by atoms with Gasteiger partial charge in [0.05, 0.1) is 5.69 Å². The van der Waals surface area contributed by atoms with Crippen LogP contribution in [0.25, 0.3) is 22.6 Å². The van der Waals surface area contributed by atoms with Crippen molar-refractivity contribution in [1.29, 1.82) is 0 Å². The van der Waals surface area contributed by atoms with Crippen molar-refractivity contribution < 1.29 is 32.8 Å². The average Bonchev–Trinajstić information content (AvgIpc) is 3.48. The van der Waals surface area contributed by atoms with Crippen LogP contribution in [0.3, 0.4) is 0 Å². The highest BCUT2D eigenvalue weighted by Gasteiger charge is 2.53. The molecule has 3 fully saturated rings. The maximum atomic E-state index is 15.6. The summed E-state index contributed by atoms with van der Waals surface area (Å²) in [5.41, 5.74) is 4.27. The molecule has 4 heterocycles. The lowest BCUT2D eigenvalue weighted by Crippen LogP contribution is -2.61. The van der Waals surface area contributed by atoms with E-state index in [2.05, 4.69) is 32.3 Å². The molecule has 11 nitrogen and oxygen atoms in total. The summed E-state index contributed by atoms with van der Waals surface area (Å²) in [4.78, 5) is 47.2. The van der Waals surface area contributed by atoms with E-state index in [4.69, 9.17) is 9.63 Å². The highest BCUT2D eigenvalue weighted by molar-refractivity contribution is 6.05. The van der Waals surface area contributed by atoms with E-state index in [0.29, 0.717) is 22.5 Å². The fraction of sp³-hybridized carbons (Fsp3) is 0.353. The number of carbonyl (C=O) groups is 3. The van der Waals surface area contributed by atoms with Crippen molar-refractivity contribution in [2.45, 2.75) is 52.0 Å². The molecular weight excluding hydrogens is 610 g/mol. The lowest BCUT2D eigenvalue weighted by molar-refractivity contribution is -0.120. The van der Waals surface area contributed by atoms with E-state index in [9.17, 15) is 14.4 Å². The number of aryl methyl sites for hydroxylation is 2. The smallest absolute Gasteiger partial charge is 0.374 e. The quantitative estimate of drug-likeness (QED) is 0.257. The molecule has 3 amide bonds. The zero-order valence-corrected chi connectivity index (χ0v) is 26.0. The lowest BCUT2D eigenvalue weighted by Gasteiger charge is -2.61. The number of amides is 3. The molecule has 13 heteroatoms. The molecule has 1 unspecified atom stereocenters. The Morgan fingerprint density at radius 1 is 1.04 bits per heavy atom.